The summed E-state index contributed by atoms with van der Waals surface area (Å²) in [7, 11) is 0. The Morgan fingerprint density at radius 1 is 1.19 bits per heavy atom. The van der Waals surface area contributed by atoms with E-state index in [4.69, 9.17) is 0 Å². The molecule has 2 nitrogen and oxygen atoms in total. The zero-order valence-corrected chi connectivity index (χ0v) is 13.9. The summed E-state index contributed by atoms with van der Waals surface area (Å²) in [6.45, 7) is 7.24. The molecule has 1 aliphatic rings. The van der Waals surface area contributed by atoms with Crippen LogP contribution in [-0.4, -0.2) is 17.8 Å². The predicted molar refractivity (Wildman–Crippen MR) is 89.6 cm³/mol. The molecule has 1 fully saturated rings. The van der Waals surface area contributed by atoms with E-state index in [-0.39, 0.29) is 11.6 Å². The molecule has 0 spiro atoms. The summed E-state index contributed by atoms with van der Waals surface area (Å²) in [6.07, 6.45) is 6.84. The fourth-order valence-electron chi connectivity index (χ4n) is 3.38. The number of nitrogens with one attached hydrogen (secondary N) is 1. The molecule has 0 heterocycles. The van der Waals surface area contributed by atoms with Gasteiger partial charge in [-0.3, -0.25) is 0 Å². The standard InChI is InChI=1S/C19H31NO/c1-4-18(21)14-20-19(11-6-5-7-12-19)17-10-8-9-16(13-17)15(2)3/h8-10,13,15,18,20-21H,4-7,11-12,14H2,1-3H3. The Morgan fingerprint density at radius 2 is 1.90 bits per heavy atom. The van der Waals surface area contributed by atoms with Gasteiger partial charge in [0.25, 0.3) is 0 Å². The van der Waals surface area contributed by atoms with E-state index < -0.39 is 0 Å². The smallest absolute Gasteiger partial charge is 0.0662 e. The lowest BCUT2D eigenvalue weighted by atomic mass is 9.75. The average Bonchev–Trinajstić information content (AvgIpc) is 2.53. The van der Waals surface area contributed by atoms with Crippen molar-refractivity contribution in [2.75, 3.05) is 6.54 Å². The van der Waals surface area contributed by atoms with Gasteiger partial charge < -0.3 is 10.4 Å². The molecule has 1 unspecified atom stereocenters. The summed E-state index contributed by atoms with van der Waals surface area (Å²) in [5.41, 5.74) is 2.89. The zero-order valence-electron chi connectivity index (χ0n) is 13.9. The Balaban J connectivity index is 2.24. The number of hydrogen-bond donors (Lipinski definition) is 2. The van der Waals surface area contributed by atoms with Crippen molar-refractivity contribution in [1.82, 2.24) is 5.32 Å². The molecule has 1 aromatic rings. The lowest BCUT2D eigenvalue weighted by Gasteiger charge is -2.40. The van der Waals surface area contributed by atoms with Gasteiger partial charge in [-0.05, 0) is 36.3 Å². The van der Waals surface area contributed by atoms with E-state index in [1.165, 1.54) is 43.2 Å². The Bertz CT molecular complexity index is 435. The highest BCUT2D eigenvalue weighted by Gasteiger charge is 2.33. The van der Waals surface area contributed by atoms with Crippen LogP contribution in [0.15, 0.2) is 24.3 Å². The SMILES string of the molecule is CCC(O)CNC1(c2cccc(C(C)C)c2)CCCCC1. The molecule has 1 aromatic carbocycles. The minimum atomic E-state index is -0.239. The van der Waals surface area contributed by atoms with Gasteiger partial charge in [-0.25, -0.2) is 0 Å². The van der Waals surface area contributed by atoms with E-state index in [0.29, 0.717) is 12.5 Å². The van der Waals surface area contributed by atoms with Gasteiger partial charge in [-0.1, -0.05) is 64.3 Å². The second-order valence-electron chi connectivity index (χ2n) is 6.87. The summed E-state index contributed by atoms with van der Waals surface area (Å²) in [6, 6.07) is 9.06. The van der Waals surface area contributed by atoms with E-state index >= 15 is 0 Å². The van der Waals surface area contributed by atoms with Crippen molar-refractivity contribution in [2.24, 2.45) is 0 Å². The Hall–Kier alpha value is -0.860. The van der Waals surface area contributed by atoms with Gasteiger partial charge in [0, 0.05) is 12.1 Å². The first-order valence-corrected chi connectivity index (χ1v) is 8.61. The first-order valence-electron chi connectivity index (χ1n) is 8.61. The molecule has 0 saturated heterocycles. The van der Waals surface area contributed by atoms with Crippen molar-refractivity contribution in [3.8, 4) is 0 Å². The van der Waals surface area contributed by atoms with Crippen LogP contribution in [0, 0.1) is 0 Å². The van der Waals surface area contributed by atoms with Crippen molar-refractivity contribution in [2.45, 2.75) is 76.9 Å². The van der Waals surface area contributed by atoms with Gasteiger partial charge in [0.15, 0.2) is 0 Å². The third-order valence-corrected chi connectivity index (χ3v) is 4.96. The van der Waals surface area contributed by atoms with Gasteiger partial charge in [-0.2, -0.15) is 0 Å². The average molecular weight is 289 g/mol. The second-order valence-corrected chi connectivity index (χ2v) is 6.87. The molecule has 1 saturated carbocycles. The molecule has 0 aliphatic heterocycles. The summed E-state index contributed by atoms with van der Waals surface area (Å²) in [4.78, 5) is 0. The quantitative estimate of drug-likeness (QED) is 0.817. The minimum absolute atomic E-state index is 0.0688. The lowest BCUT2D eigenvalue weighted by molar-refractivity contribution is 0.135. The van der Waals surface area contributed by atoms with Crippen LogP contribution in [0.3, 0.4) is 0 Å². The van der Waals surface area contributed by atoms with Crippen LogP contribution in [0.4, 0.5) is 0 Å². The molecule has 21 heavy (non-hydrogen) atoms. The number of aliphatic hydroxyl groups excluding tert-OH is 1. The Morgan fingerprint density at radius 3 is 2.52 bits per heavy atom. The predicted octanol–water partition coefficient (Wildman–Crippen LogP) is 4.33. The van der Waals surface area contributed by atoms with Gasteiger partial charge in [0.05, 0.1) is 6.10 Å². The van der Waals surface area contributed by atoms with Crippen LogP contribution >= 0.6 is 0 Å². The van der Waals surface area contributed by atoms with Crippen molar-refractivity contribution in [3.63, 3.8) is 0 Å². The molecular formula is C19H31NO. The highest BCUT2D eigenvalue weighted by molar-refractivity contribution is 5.31. The van der Waals surface area contributed by atoms with Crippen LogP contribution in [0.1, 0.15) is 76.3 Å². The summed E-state index contributed by atoms with van der Waals surface area (Å²) < 4.78 is 0. The molecule has 2 rings (SSSR count). The maximum absolute atomic E-state index is 9.93. The molecule has 0 radical (unpaired) electrons. The first-order chi connectivity index (χ1) is 10.1. The maximum atomic E-state index is 9.93. The van der Waals surface area contributed by atoms with Crippen molar-refractivity contribution >= 4 is 0 Å². The van der Waals surface area contributed by atoms with Gasteiger partial charge in [0.1, 0.15) is 0 Å². The molecule has 1 atom stereocenters. The van der Waals surface area contributed by atoms with Crippen LogP contribution in [0.5, 0.6) is 0 Å². The number of benzene rings is 1. The van der Waals surface area contributed by atoms with Crippen LogP contribution < -0.4 is 5.32 Å². The fraction of sp³-hybridized carbons (Fsp3) is 0.684. The maximum Gasteiger partial charge on any atom is 0.0662 e. The molecule has 118 valence electrons. The molecule has 0 bridgehead atoms. The highest BCUT2D eigenvalue weighted by atomic mass is 16.3. The topological polar surface area (TPSA) is 32.3 Å². The van der Waals surface area contributed by atoms with Crippen molar-refractivity contribution in [3.05, 3.63) is 35.4 Å². The normalized spacial score (nSPS) is 19.7. The van der Waals surface area contributed by atoms with Crippen LogP contribution in [0.25, 0.3) is 0 Å². The van der Waals surface area contributed by atoms with Gasteiger partial charge >= 0.3 is 0 Å². The van der Waals surface area contributed by atoms with Crippen LogP contribution in [0.2, 0.25) is 0 Å². The third-order valence-electron chi connectivity index (χ3n) is 4.96. The molecular weight excluding hydrogens is 258 g/mol. The Kier molecular flexibility index (Phi) is 5.83. The van der Waals surface area contributed by atoms with E-state index in [1.807, 2.05) is 6.92 Å². The van der Waals surface area contributed by atoms with Gasteiger partial charge in [0.2, 0.25) is 0 Å². The number of hydrogen-bond acceptors (Lipinski definition) is 2. The summed E-state index contributed by atoms with van der Waals surface area (Å²) in [5.74, 6) is 0.562. The van der Waals surface area contributed by atoms with Crippen molar-refractivity contribution < 1.29 is 5.11 Å². The van der Waals surface area contributed by atoms with E-state index in [0.717, 1.165) is 6.42 Å². The van der Waals surface area contributed by atoms with E-state index in [9.17, 15) is 5.11 Å². The monoisotopic (exact) mass is 289 g/mol. The summed E-state index contributed by atoms with van der Waals surface area (Å²) >= 11 is 0. The largest absolute Gasteiger partial charge is 0.392 e. The van der Waals surface area contributed by atoms with Crippen LogP contribution in [-0.2, 0) is 5.54 Å². The third kappa shape index (κ3) is 4.08. The second kappa shape index (κ2) is 7.42. The molecule has 0 aromatic heterocycles. The fourth-order valence-corrected chi connectivity index (χ4v) is 3.38. The molecule has 2 heteroatoms. The zero-order chi connectivity index (χ0) is 15.3. The molecule has 0 amide bonds. The van der Waals surface area contributed by atoms with E-state index in [1.54, 1.807) is 0 Å². The number of aliphatic hydroxyl groups is 1. The highest BCUT2D eigenvalue weighted by Crippen LogP contribution is 2.38. The van der Waals surface area contributed by atoms with E-state index in [2.05, 4.69) is 43.4 Å². The summed E-state index contributed by atoms with van der Waals surface area (Å²) in [5, 5.41) is 13.6. The molecule has 1 aliphatic carbocycles. The van der Waals surface area contributed by atoms with Gasteiger partial charge in [-0.15, -0.1) is 0 Å². The minimum Gasteiger partial charge on any atom is -0.392 e. The lowest BCUT2D eigenvalue weighted by Crippen LogP contribution is -2.47. The van der Waals surface area contributed by atoms with Crippen molar-refractivity contribution in [1.29, 1.82) is 0 Å². The Labute approximate surface area is 130 Å². The number of rotatable bonds is 6. The molecule has 2 N–H and O–H groups in total. The first kappa shape index (κ1) is 16.5.